The number of thioether (sulfide) groups is 1. The summed E-state index contributed by atoms with van der Waals surface area (Å²) in [5.74, 6) is -0.169. The van der Waals surface area contributed by atoms with Crippen LogP contribution < -0.4 is 5.32 Å². The van der Waals surface area contributed by atoms with Crippen LogP contribution in [0.5, 0.6) is 0 Å². The topological polar surface area (TPSA) is 86.7 Å². The minimum atomic E-state index is -0.768. The number of nitrogens with one attached hydrogen (secondary N) is 1. The minimum Gasteiger partial charge on any atom is -0.481 e. The van der Waals surface area contributed by atoms with Gasteiger partial charge in [-0.05, 0) is 46.5 Å². The van der Waals surface area contributed by atoms with Gasteiger partial charge < -0.3 is 15.3 Å². The van der Waals surface area contributed by atoms with Gasteiger partial charge in [0.2, 0.25) is 11.8 Å². The third-order valence-electron chi connectivity index (χ3n) is 4.39. The van der Waals surface area contributed by atoms with E-state index in [1.54, 1.807) is 16.7 Å². The highest BCUT2D eigenvalue weighted by atomic mass is 32.2. The molecule has 1 heterocycles. The predicted molar refractivity (Wildman–Crippen MR) is 88.9 cm³/mol. The fraction of sp³-hybridized carbons (Fsp3) is 0.812. The standard InChI is InChI=1S/C16H26N2O4S/c1-16(2,3)17-13(19)12-8-23-9-18(12)14(20)10-4-6-11(7-5-10)15(21)22/h10-12H,4-9H2,1-3H3,(H,17,19)(H,21,22). The fourth-order valence-corrected chi connectivity index (χ4v) is 4.32. The number of rotatable bonds is 3. The van der Waals surface area contributed by atoms with Gasteiger partial charge in [-0.25, -0.2) is 0 Å². The molecule has 0 spiro atoms. The Balaban J connectivity index is 1.96. The summed E-state index contributed by atoms with van der Waals surface area (Å²) in [5.41, 5.74) is -0.321. The van der Waals surface area contributed by atoms with Crippen molar-refractivity contribution in [3.8, 4) is 0 Å². The number of hydrogen-bond acceptors (Lipinski definition) is 4. The van der Waals surface area contributed by atoms with Gasteiger partial charge in [0.1, 0.15) is 6.04 Å². The van der Waals surface area contributed by atoms with Gasteiger partial charge in [0.05, 0.1) is 11.8 Å². The molecule has 7 heteroatoms. The summed E-state index contributed by atoms with van der Waals surface area (Å²) in [6.07, 6.45) is 2.30. The smallest absolute Gasteiger partial charge is 0.306 e. The maximum atomic E-state index is 12.7. The quantitative estimate of drug-likeness (QED) is 0.815. The van der Waals surface area contributed by atoms with Gasteiger partial charge in [-0.2, -0.15) is 0 Å². The van der Waals surface area contributed by atoms with Gasteiger partial charge in [-0.15, -0.1) is 11.8 Å². The largest absolute Gasteiger partial charge is 0.481 e. The number of nitrogens with zero attached hydrogens (tertiary/aromatic N) is 1. The molecule has 130 valence electrons. The lowest BCUT2D eigenvalue weighted by Crippen LogP contribution is -2.53. The van der Waals surface area contributed by atoms with Crippen LogP contribution in [0.15, 0.2) is 0 Å². The van der Waals surface area contributed by atoms with Gasteiger partial charge in [-0.3, -0.25) is 14.4 Å². The second-order valence-corrected chi connectivity index (χ2v) is 8.45. The summed E-state index contributed by atoms with van der Waals surface area (Å²) in [5, 5.41) is 12.0. The van der Waals surface area contributed by atoms with E-state index in [0.717, 1.165) is 0 Å². The molecule has 1 aliphatic carbocycles. The zero-order valence-corrected chi connectivity index (χ0v) is 14.8. The highest BCUT2D eigenvalue weighted by molar-refractivity contribution is 7.99. The highest BCUT2D eigenvalue weighted by Crippen LogP contribution is 2.33. The van der Waals surface area contributed by atoms with Crippen LogP contribution in [0.1, 0.15) is 46.5 Å². The van der Waals surface area contributed by atoms with E-state index in [1.807, 2.05) is 20.8 Å². The molecule has 0 bridgehead atoms. The molecule has 1 atom stereocenters. The minimum absolute atomic E-state index is 0.00731. The summed E-state index contributed by atoms with van der Waals surface area (Å²) in [6, 6.07) is -0.413. The van der Waals surface area contributed by atoms with Crippen molar-refractivity contribution in [3.63, 3.8) is 0 Å². The van der Waals surface area contributed by atoms with Crippen molar-refractivity contribution in [1.82, 2.24) is 10.2 Å². The van der Waals surface area contributed by atoms with E-state index in [9.17, 15) is 14.4 Å². The van der Waals surface area contributed by atoms with E-state index in [4.69, 9.17) is 5.11 Å². The molecule has 2 aliphatic rings. The first-order valence-electron chi connectivity index (χ1n) is 8.12. The normalized spacial score (nSPS) is 28.5. The van der Waals surface area contributed by atoms with Crippen molar-refractivity contribution in [1.29, 1.82) is 0 Å². The number of amides is 2. The lowest BCUT2D eigenvalue weighted by molar-refractivity contribution is -0.146. The molecule has 2 fully saturated rings. The number of carbonyl (C=O) groups is 3. The number of aliphatic carboxylic acids is 1. The summed E-state index contributed by atoms with van der Waals surface area (Å²) in [7, 11) is 0. The van der Waals surface area contributed by atoms with E-state index < -0.39 is 12.0 Å². The molecule has 2 N–H and O–H groups in total. The van der Waals surface area contributed by atoms with Gasteiger partial charge >= 0.3 is 5.97 Å². The van der Waals surface area contributed by atoms with E-state index >= 15 is 0 Å². The molecule has 1 unspecified atom stereocenters. The van der Waals surface area contributed by atoms with Gasteiger partial charge in [0.15, 0.2) is 0 Å². The third-order valence-corrected chi connectivity index (χ3v) is 5.40. The Hall–Kier alpha value is -1.24. The average molecular weight is 342 g/mol. The van der Waals surface area contributed by atoms with E-state index in [1.165, 1.54) is 0 Å². The molecule has 2 rings (SSSR count). The van der Waals surface area contributed by atoms with Crippen LogP contribution in [0.2, 0.25) is 0 Å². The average Bonchev–Trinajstić information content (AvgIpc) is 2.94. The first-order chi connectivity index (χ1) is 10.7. The summed E-state index contributed by atoms with van der Waals surface area (Å²) >= 11 is 1.59. The molecule has 0 aromatic heterocycles. The zero-order valence-electron chi connectivity index (χ0n) is 14.0. The maximum Gasteiger partial charge on any atom is 0.306 e. The molecular weight excluding hydrogens is 316 g/mol. The Morgan fingerprint density at radius 1 is 1.09 bits per heavy atom. The molecule has 1 aliphatic heterocycles. The summed E-state index contributed by atoms with van der Waals surface area (Å²) in [6.45, 7) is 5.77. The molecule has 6 nitrogen and oxygen atoms in total. The first-order valence-corrected chi connectivity index (χ1v) is 9.27. The maximum absolute atomic E-state index is 12.7. The van der Waals surface area contributed by atoms with Crippen LogP contribution >= 0.6 is 11.8 Å². The van der Waals surface area contributed by atoms with Crippen LogP contribution in [-0.4, -0.2) is 51.0 Å². The fourth-order valence-electron chi connectivity index (χ4n) is 3.15. The number of carboxylic acids is 1. The Morgan fingerprint density at radius 3 is 2.17 bits per heavy atom. The molecule has 0 radical (unpaired) electrons. The molecule has 23 heavy (non-hydrogen) atoms. The Kier molecular flexibility index (Phi) is 5.60. The Labute approximate surface area is 141 Å². The lowest BCUT2D eigenvalue weighted by Gasteiger charge is -2.32. The first kappa shape index (κ1) is 18.1. The molecule has 2 amide bonds. The molecular formula is C16H26N2O4S. The van der Waals surface area contributed by atoms with Crippen molar-refractivity contribution in [2.75, 3.05) is 11.6 Å². The van der Waals surface area contributed by atoms with Crippen LogP contribution in [-0.2, 0) is 14.4 Å². The van der Waals surface area contributed by atoms with Crippen molar-refractivity contribution in [3.05, 3.63) is 0 Å². The van der Waals surface area contributed by atoms with Crippen molar-refractivity contribution in [2.24, 2.45) is 11.8 Å². The predicted octanol–water partition coefficient (Wildman–Crippen LogP) is 1.69. The monoisotopic (exact) mass is 342 g/mol. The summed E-state index contributed by atoms with van der Waals surface area (Å²) < 4.78 is 0. The summed E-state index contributed by atoms with van der Waals surface area (Å²) in [4.78, 5) is 37.8. The number of hydrogen-bond donors (Lipinski definition) is 2. The molecule has 1 saturated carbocycles. The highest BCUT2D eigenvalue weighted by Gasteiger charge is 2.40. The second kappa shape index (κ2) is 7.11. The van der Waals surface area contributed by atoms with Crippen LogP contribution in [0, 0.1) is 11.8 Å². The van der Waals surface area contributed by atoms with E-state index in [0.29, 0.717) is 37.3 Å². The second-order valence-electron chi connectivity index (χ2n) is 7.45. The van der Waals surface area contributed by atoms with E-state index in [2.05, 4.69) is 5.32 Å². The van der Waals surface area contributed by atoms with Crippen LogP contribution in [0.3, 0.4) is 0 Å². The van der Waals surface area contributed by atoms with Gasteiger partial charge in [0.25, 0.3) is 0 Å². The molecule has 1 saturated heterocycles. The number of carboxylic acid groups (broad SMARTS) is 1. The Bertz CT molecular complexity index is 481. The lowest BCUT2D eigenvalue weighted by atomic mass is 9.81. The Morgan fingerprint density at radius 2 is 1.65 bits per heavy atom. The van der Waals surface area contributed by atoms with Crippen molar-refractivity contribution >= 4 is 29.5 Å². The molecule has 0 aromatic rings. The number of carbonyl (C=O) groups excluding carboxylic acids is 2. The van der Waals surface area contributed by atoms with Crippen LogP contribution in [0.4, 0.5) is 0 Å². The van der Waals surface area contributed by atoms with Crippen molar-refractivity contribution < 1.29 is 19.5 Å². The SMILES string of the molecule is CC(C)(C)NC(=O)C1CSCN1C(=O)C1CCC(C(=O)O)CC1. The van der Waals surface area contributed by atoms with Gasteiger partial charge in [-0.1, -0.05) is 0 Å². The van der Waals surface area contributed by atoms with Crippen molar-refractivity contribution in [2.45, 2.75) is 58.0 Å². The van der Waals surface area contributed by atoms with E-state index in [-0.39, 0.29) is 29.2 Å². The zero-order chi connectivity index (χ0) is 17.2. The van der Waals surface area contributed by atoms with Crippen LogP contribution in [0.25, 0.3) is 0 Å². The third kappa shape index (κ3) is 4.62. The van der Waals surface area contributed by atoms with Gasteiger partial charge in [0, 0.05) is 17.2 Å². The molecule has 0 aromatic carbocycles.